The van der Waals surface area contributed by atoms with Crippen LogP contribution < -0.4 is 5.32 Å². The molecule has 0 spiro atoms. The molecule has 1 aliphatic rings. The van der Waals surface area contributed by atoms with Gasteiger partial charge in [-0.05, 0) is 38.0 Å². The molecule has 0 radical (unpaired) electrons. The molecule has 116 valence electrons. The van der Waals surface area contributed by atoms with E-state index in [4.69, 9.17) is 15.4 Å². The summed E-state index contributed by atoms with van der Waals surface area (Å²) < 4.78 is 29.0. The van der Waals surface area contributed by atoms with Gasteiger partial charge in [0.15, 0.2) is 0 Å². The van der Waals surface area contributed by atoms with Crippen LogP contribution in [-0.4, -0.2) is 33.1 Å². The predicted octanol–water partition coefficient (Wildman–Crippen LogP) is 2.59. The zero-order chi connectivity index (χ0) is 15.8. The van der Waals surface area contributed by atoms with Crippen molar-refractivity contribution < 1.29 is 17.9 Å². The van der Waals surface area contributed by atoms with Crippen LogP contribution in [0.5, 0.6) is 0 Å². The third kappa shape index (κ3) is 3.77. The number of nitrogens with one attached hydrogen (secondary N) is 1. The standard InChI is InChI=1S/C13H15BrClNO4S/c1-7-10(14)5-9(6-12(7)21(15,18)19)13(17)16-11-3-4-20-8(11)2/h5-6,8,11H,3-4H2,1-2H3,(H,16,17). The Morgan fingerprint density at radius 2 is 2.14 bits per heavy atom. The van der Waals surface area contributed by atoms with Crippen LogP contribution in [0, 0.1) is 6.92 Å². The zero-order valence-electron chi connectivity index (χ0n) is 11.5. The van der Waals surface area contributed by atoms with Crippen molar-refractivity contribution in [1.82, 2.24) is 5.32 Å². The molecule has 5 nitrogen and oxygen atoms in total. The van der Waals surface area contributed by atoms with Crippen molar-refractivity contribution in [2.75, 3.05) is 6.61 Å². The van der Waals surface area contributed by atoms with Crippen molar-refractivity contribution in [3.63, 3.8) is 0 Å². The van der Waals surface area contributed by atoms with E-state index in [1.807, 2.05) is 6.92 Å². The van der Waals surface area contributed by atoms with Gasteiger partial charge in [-0.1, -0.05) is 15.9 Å². The van der Waals surface area contributed by atoms with Crippen molar-refractivity contribution in [3.8, 4) is 0 Å². The topological polar surface area (TPSA) is 72.5 Å². The SMILES string of the molecule is Cc1c(Br)cc(C(=O)NC2CCOC2C)cc1S(=O)(=O)Cl. The number of carbonyl (C=O) groups is 1. The molecule has 0 bridgehead atoms. The van der Waals surface area contributed by atoms with Crippen LogP contribution >= 0.6 is 26.6 Å². The van der Waals surface area contributed by atoms with Gasteiger partial charge in [0.2, 0.25) is 0 Å². The Hall–Kier alpha value is -0.630. The Labute approximate surface area is 136 Å². The predicted molar refractivity (Wildman–Crippen MR) is 83.2 cm³/mol. The smallest absolute Gasteiger partial charge is 0.261 e. The molecule has 2 rings (SSSR count). The lowest BCUT2D eigenvalue weighted by Crippen LogP contribution is -2.39. The number of halogens is 2. The van der Waals surface area contributed by atoms with E-state index in [1.54, 1.807) is 13.0 Å². The molecule has 0 saturated carbocycles. The minimum absolute atomic E-state index is 0.0564. The highest BCUT2D eigenvalue weighted by atomic mass is 79.9. The molecular formula is C13H15BrClNO4S. The molecule has 1 aromatic rings. The average molecular weight is 397 g/mol. The van der Waals surface area contributed by atoms with E-state index in [0.29, 0.717) is 16.6 Å². The summed E-state index contributed by atoms with van der Waals surface area (Å²) in [6, 6.07) is 2.79. The first-order valence-corrected chi connectivity index (χ1v) is 9.47. The molecule has 1 amide bonds. The van der Waals surface area contributed by atoms with Crippen LogP contribution in [0.15, 0.2) is 21.5 Å². The first-order valence-electron chi connectivity index (χ1n) is 6.37. The largest absolute Gasteiger partial charge is 0.376 e. The van der Waals surface area contributed by atoms with Gasteiger partial charge >= 0.3 is 0 Å². The fraction of sp³-hybridized carbons (Fsp3) is 0.462. The lowest BCUT2D eigenvalue weighted by molar-refractivity contribution is 0.0866. The fourth-order valence-corrected chi connectivity index (χ4v) is 4.03. The lowest BCUT2D eigenvalue weighted by atomic mass is 10.1. The van der Waals surface area contributed by atoms with Crippen LogP contribution in [0.2, 0.25) is 0 Å². The van der Waals surface area contributed by atoms with Crippen LogP contribution in [-0.2, 0) is 13.8 Å². The van der Waals surface area contributed by atoms with Gasteiger partial charge in [-0.2, -0.15) is 0 Å². The summed E-state index contributed by atoms with van der Waals surface area (Å²) in [7, 11) is 1.49. The van der Waals surface area contributed by atoms with Gasteiger partial charge in [0, 0.05) is 27.3 Å². The molecule has 1 fully saturated rings. The molecule has 8 heteroatoms. The normalized spacial score (nSPS) is 22.3. The van der Waals surface area contributed by atoms with Gasteiger partial charge < -0.3 is 10.1 Å². The second-order valence-electron chi connectivity index (χ2n) is 4.96. The maximum Gasteiger partial charge on any atom is 0.261 e. The second kappa shape index (κ2) is 6.24. The second-order valence-corrected chi connectivity index (χ2v) is 8.35. The first-order chi connectivity index (χ1) is 9.70. The summed E-state index contributed by atoms with van der Waals surface area (Å²) in [5.41, 5.74) is 0.713. The number of carbonyl (C=O) groups excluding carboxylic acids is 1. The molecule has 1 saturated heterocycles. The van der Waals surface area contributed by atoms with Gasteiger partial charge in [0.25, 0.3) is 15.0 Å². The number of rotatable bonds is 3. The monoisotopic (exact) mass is 395 g/mol. The van der Waals surface area contributed by atoms with E-state index in [0.717, 1.165) is 6.42 Å². The van der Waals surface area contributed by atoms with Crippen molar-refractivity contribution in [1.29, 1.82) is 0 Å². The van der Waals surface area contributed by atoms with E-state index >= 15 is 0 Å². The van der Waals surface area contributed by atoms with Gasteiger partial charge in [-0.3, -0.25) is 4.79 Å². The van der Waals surface area contributed by atoms with Gasteiger partial charge in [-0.15, -0.1) is 0 Å². The molecule has 2 atom stereocenters. The van der Waals surface area contributed by atoms with Crippen molar-refractivity contribution in [2.45, 2.75) is 37.3 Å². The van der Waals surface area contributed by atoms with Gasteiger partial charge in [-0.25, -0.2) is 8.42 Å². The molecule has 0 aromatic heterocycles. The number of hydrogen-bond acceptors (Lipinski definition) is 4. The highest BCUT2D eigenvalue weighted by Gasteiger charge is 2.27. The van der Waals surface area contributed by atoms with E-state index in [-0.39, 0.29) is 28.5 Å². The first kappa shape index (κ1) is 16.7. The summed E-state index contributed by atoms with van der Waals surface area (Å²) in [4.78, 5) is 12.2. The highest BCUT2D eigenvalue weighted by Crippen LogP contribution is 2.28. The molecule has 21 heavy (non-hydrogen) atoms. The van der Waals surface area contributed by atoms with E-state index in [1.165, 1.54) is 6.07 Å². The van der Waals surface area contributed by atoms with E-state index < -0.39 is 9.05 Å². The van der Waals surface area contributed by atoms with Crippen LogP contribution in [0.1, 0.15) is 29.3 Å². The van der Waals surface area contributed by atoms with Crippen LogP contribution in [0.25, 0.3) is 0 Å². The Morgan fingerprint density at radius 1 is 1.48 bits per heavy atom. The number of ether oxygens (including phenoxy) is 1. The molecular weight excluding hydrogens is 382 g/mol. The summed E-state index contributed by atoms with van der Waals surface area (Å²) >= 11 is 3.25. The van der Waals surface area contributed by atoms with Gasteiger partial charge in [0.05, 0.1) is 17.0 Å². The van der Waals surface area contributed by atoms with E-state index in [2.05, 4.69) is 21.2 Å². The summed E-state index contributed by atoms with van der Waals surface area (Å²) in [5, 5.41) is 2.85. The minimum Gasteiger partial charge on any atom is -0.376 e. The molecule has 0 aliphatic carbocycles. The van der Waals surface area contributed by atoms with Crippen LogP contribution in [0.3, 0.4) is 0 Å². The molecule has 1 N–H and O–H groups in total. The van der Waals surface area contributed by atoms with Crippen molar-refractivity contribution in [2.24, 2.45) is 0 Å². The molecule has 1 aliphatic heterocycles. The van der Waals surface area contributed by atoms with Crippen LogP contribution in [0.4, 0.5) is 0 Å². The number of benzene rings is 1. The maximum absolute atomic E-state index is 12.3. The summed E-state index contributed by atoms with van der Waals surface area (Å²) in [5.74, 6) is -0.348. The fourth-order valence-electron chi connectivity index (χ4n) is 2.21. The van der Waals surface area contributed by atoms with E-state index in [9.17, 15) is 13.2 Å². The Kier molecular flexibility index (Phi) is 4.97. The Balaban J connectivity index is 2.32. The van der Waals surface area contributed by atoms with Gasteiger partial charge in [0.1, 0.15) is 0 Å². The zero-order valence-corrected chi connectivity index (χ0v) is 14.7. The Bertz CT molecular complexity index is 677. The molecule has 1 heterocycles. The summed E-state index contributed by atoms with van der Waals surface area (Å²) in [6.45, 7) is 4.11. The lowest BCUT2D eigenvalue weighted by Gasteiger charge is -2.16. The summed E-state index contributed by atoms with van der Waals surface area (Å²) in [6.07, 6.45) is 0.680. The quantitative estimate of drug-likeness (QED) is 0.797. The number of amides is 1. The van der Waals surface area contributed by atoms with Crippen molar-refractivity contribution >= 4 is 41.6 Å². The van der Waals surface area contributed by atoms with Crippen molar-refractivity contribution in [3.05, 3.63) is 27.7 Å². The number of hydrogen-bond donors (Lipinski definition) is 1. The minimum atomic E-state index is -3.91. The maximum atomic E-state index is 12.3. The third-order valence-corrected chi connectivity index (χ3v) is 5.79. The Morgan fingerprint density at radius 3 is 2.67 bits per heavy atom. The third-order valence-electron chi connectivity index (χ3n) is 3.51. The average Bonchev–Trinajstić information content (AvgIpc) is 2.76. The molecule has 2 unspecified atom stereocenters. The highest BCUT2D eigenvalue weighted by molar-refractivity contribution is 9.10. The molecule has 1 aromatic carbocycles.